The maximum atomic E-state index is 13.3. The average Bonchev–Trinajstić information content (AvgIpc) is 2.89. The Hall–Kier alpha value is -2.02. The molecule has 1 aromatic carbocycles. The molecule has 0 unspecified atom stereocenters. The number of carboxylic acids is 1. The molecule has 0 radical (unpaired) electrons. The fourth-order valence-electron chi connectivity index (χ4n) is 2.64. The van der Waals surface area contributed by atoms with Crippen LogP contribution in [0.15, 0.2) is 18.2 Å². The number of aromatic nitrogens is 2. The quantitative estimate of drug-likeness (QED) is 0.838. The zero-order chi connectivity index (χ0) is 14.4. The fourth-order valence-corrected chi connectivity index (χ4v) is 2.93. The molecule has 2 heterocycles. The van der Waals surface area contributed by atoms with Gasteiger partial charge in [-0.15, -0.1) is 0 Å². The number of imidazole rings is 1. The van der Waals surface area contributed by atoms with Crippen LogP contribution in [0.1, 0.15) is 27.7 Å². The molecule has 2 N–H and O–H groups in total. The Morgan fingerprint density at radius 3 is 2.60 bits per heavy atom. The largest absolute Gasteiger partial charge is 0.477 e. The molecule has 0 amide bonds. The van der Waals surface area contributed by atoms with Gasteiger partial charge in [0.2, 0.25) is 0 Å². The zero-order valence-electron chi connectivity index (χ0n) is 10.2. The summed E-state index contributed by atoms with van der Waals surface area (Å²) in [7, 11) is 0. The van der Waals surface area contributed by atoms with Crippen molar-refractivity contribution in [2.75, 3.05) is 0 Å². The van der Waals surface area contributed by atoms with Crippen molar-refractivity contribution < 1.29 is 18.7 Å². The van der Waals surface area contributed by atoms with E-state index in [9.17, 15) is 13.6 Å². The van der Waals surface area contributed by atoms with Crippen molar-refractivity contribution >= 4 is 18.2 Å². The Bertz CT molecular complexity index is 746. The van der Waals surface area contributed by atoms with E-state index in [-0.39, 0.29) is 11.6 Å². The molecule has 0 aliphatic carbocycles. The summed E-state index contributed by atoms with van der Waals surface area (Å²) in [5.74, 6) is -2.54. The average molecular weight is 296 g/mol. The second-order valence-corrected chi connectivity index (χ2v) is 5.16. The van der Waals surface area contributed by atoms with Crippen molar-refractivity contribution in [2.45, 2.75) is 18.9 Å². The van der Waals surface area contributed by atoms with Crippen molar-refractivity contribution in [3.05, 3.63) is 51.6 Å². The molecule has 4 nitrogen and oxygen atoms in total. The lowest BCUT2D eigenvalue weighted by atomic mass is 9.96. The van der Waals surface area contributed by atoms with E-state index in [2.05, 4.69) is 4.98 Å². The maximum Gasteiger partial charge on any atom is 0.354 e. The minimum absolute atomic E-state index is 0.0503. The third-order valence-corrected chi connectivity index (χ3v) is 3.83. The summed E-state index contributed by atoms with van der Waals surface area (Å²) in [6.45, 7) is 0.418. The second-order valence-electron chi connectivity index (χ2n) is 4.77. The van der Waals surface area contributed by atoms with Crippen molar-refractivity contribution in [3.63, 3.8) is 0 Å². The molecule has 1 aliphatic heterocycles. The Morgan fingerprint density at radius 2 is 2.00 bits per heavy atom. The molecule has 0 spiro atoms. The number of carbonyl (C=O) groups is 1. The summed E-state index contributed by atoms with van der Waals surface area (Å²) in [5.41, 5.74) is 1.13. The predicted molar refractivity (Wildman–Crippen MR) is 69.4 cm³/mol. The van der Waals surface area contributed by atoms with Crippen LogP contribution in [0.4, 0.5) is 8.78 Å². The van der Waals surface area contributed by atoms with E-state index in [0.717, 1.165) is 6.07 Å². The van der Waals surface area contributed by atoms with Crippen LogP contribution in [0.3, 0.4) is 0 Å². The summed E-state index contributed by atoms with van der Waals surface area (Å²) in [6, 6.07) is 3.36. The standard InChI is InChI=1S/C13H10F2N2O2S/c14-8-1-6(2-9(15)4-8)7-3-10-11(12(18)19)16-13(20)17(10)5-7/h1-2,4,7H,3,5H2,(H,16,20)(H,18,19)/t7-/m1/s1. The van der Waals surface area contributed by atoms with E-state index in [1.54, 1.807) is 4.57 Å². The highest BCUT2D eigenvalue weighted by atomic mass is 32.1. The first-order valence-electron chi connectivity index (χ1n) is 5.96. The van der Waals surface area contributed by atoms with E-state index in [1.807, 2.05) is 0 Å². The van der Waals surface area contributed by atoms with Crippen molar-refractivity contribution in [2.24, 2.45) is 0 Å². The molecular weight excluding hydrogens is 286 g/mol. The third-order valence-electron chi connectivity index (χ3n) is 3.50. The van der Waals surface area contributed by atoms with Crippen LogP contribution in [0.5, 0.6) is 0 Å². The summed E-state index contributed by atoms with van der Waals surface area (Å²) >= 11 is 5.07. The molecule has 3 rings (SSSR count). The summed E-state index contributed by atoms with van der Waals surface area (Å²) in [6.07, 6.45) is 0.387. The minimum atomic E-state index is -1.09. The molecule has 20 heavy (non-hydrogen) atoms. The van der Waals surface area contributed by atoms with Crippen LogP contribution < -0.4 is 0 Å². The Kier molecular flexibility index (Phi) is 2.93. The number of fused-ring (bicyclic) bond motifs is 1. The van der Waals surface area contributed by atoms with Crippen LogP contribution in [-0.4, -0.2) is 20.6 Å². The molecule has 2 aromatic rings. The first kappa shape index (κ1) is 13.0. The number of benzene rings is 1. The number of rotatable bonds is 2. The van der Waals surface area contributed by atoms with Gasteiger partial charge in [0.15, 0.2) is 4.77 Å². The molecular formula is C13H10F2N2O2S. The van der Waals surface area contributed by atoms with Gasteiger partial charge in [-0.25, -0.2) is 13.6 Å². The number of halogens is 2. The first-order valence-corrected chi connectivity index (χ1v) is 6.37. The molecule has 0 bridgehead atoms. The molecule has 0 saturated heterocycles. The van der Waals surface area contributed by atoms with Gasteiger partial charge in [0, 0.05) is 18.5 Å². The van der Waals surface area contributed by atoms with Crippen molar-refractivity contribution in [1.29, 1.82) is 0 Å². The predicted octanol–water partition coefficient (Wildman–Crippen LogP) is 2.86. The summed E-state index contributed by atoms with van der Waals surface area (Å²) in [4.78, 5) is 13.8. The zero-order valence-corrected chi connectivity index (χ0v) is 11.0. The smallest absolute Gasteiger partial charge is 0.354 e. The van der Waals surface area contributed by atoms with E-state index in [0.29, 0.717) is 29.0 Å². The second kappa shape index (κ2) is 4.52. The number of hydrogen-bond acceptors (Lipinski definition) is 2. The number of aromatic carboxylic acids is 1. The van der Waals surface area contributed by atoms with E-state index >= 15 is 0 Å². The van der Waals surface area contributed by atoms with Crippen LogP contribution in [0.2, 0.25) is 0 Å². The number of H-pyrrole nitrogens is 1. The lowest BCUT2D eigenvalue weighted by Crippen LogP contribution is -2.04. The summed E-state index contributed by atoms with van der Waals surface area (Å²) in [5, 5.41) is 9.10. The number of aromatic amines is 1. The van der Waals surface area contributed by atoms with Gasteiger partial charge in [0.1, 0.15) is 17.3 Å². The highest BCUT2D eigenvalue weighted by Gasteiger charge is 2.29. The minimum Gasteiger partial charge on any atom is -0.477 e. The van der Waals surface area contributed by atoms with Gasteiger partial charge in [-0.1, -0.05) is 0 Å². The molecule has 104 valence electrons. The molecule has 1 aromatic heterocycles. The Balaban J connectivity index is 2.00. The third kappa shape index (κ3) is 2.03. The first-order chi connectivity index (χ1) is 9.45. The Morgan fingerprint density at radius 1 is 1.35 bits per heavy atom. The van der Waals surface area contributed by atoms with Gasteiger partial charge >= 0.3 is 5.97 Å². The van der Waals surface area contributed by atoms with Gasteiger partial charge < -0.3 is 14.7 Å². The maximum absolute atomic E-state index is 13.3. The van der Waals surface area contributed by atoms with Crippen molar-refractivity contribution in [3.8, 4) is 0 Å². The lowest BCUT2D eigenvalue weighted by Gasteiger charge is -2.09. The van der Waals surface area contributed by atoms with E-state index < -0.39 is 17.6 Å². The monoisotopic (exact) mass is 296 g/mol. The fraction of sp³-hybridized carbons (Fsp3) is 0.231. The van der Waals surface area contributed by atoms with Gasteiger partial charge in [0.05, 0.1) is 5.69 Å². The van der Waals surface area contributed by atoms with Gasteiger partial charge in [0.25, 0.3) is 0 Å². The number of hydrogen-bond donors (Lipinski definition) is 2. The molecule has 0 fully saturated rings. The van der Waals surface area contributed by atoms with Crippen LogP contribution in [-0.2, 0) is 13.0 Å². The molecule has 7 heteroatoms. The lowest BCUT2D eigenvalue weighted by molar-refractivity contribution is 0.0689. The SMILES string of the molecule is O=C(O)c1[nH]c(=S)n2c1C[C@@H](c1cc(F)cc(F)c1)C2. The van der Waals surface area contributed by atoms with E-state index in [4.69, 9.17) is 17.3 Å². The number of nitrogens with zero attached hydrogens (tertiary/aromatic N) is 1. The normalized spacial score (nSPS) is 17.2. The molecule has 1 aliphatic rings. The molecule has 1 atom stereocenters. The summed E-state index contributed by atoms with van der Waals surface area (Å²) < 4.78 is 28.5. The van der Waals surface area contributed by atoms with Crippen LogP contribution >= 0.6 is 12.2 Å². The molecule has 0 saturated carbocycles. The van der Waals surface area contributed by atoms with Crippen LogP contribution in [0, 0.1) is 16.4 Å². The highest BCUT2D eigenvalue weighted by Crippen LogP contribution is 2.32. The highest BCUT2D eigenvalue weighted by molar-refractivity contribution is 7.71. The number of carboxylic acid groups (broad SMARTS) is 1. The van der Waals surface area contributed by atoms with E-state index in [1.165, 1.54) is 12.1 Å². The number of nitrogens with one attached hydrogen (secondary N) is 1. The van der Waals surface area contributed by atoms with Gasteiger partial charge in [-0.05, 0) is 36.3 Å². The topological polar surface area (TPSA) is 58.0 Å². The van der Waals surface area contributed by atoms with Gasteiger partial charge in [-0.2, -0.15) is 0 Å². The van der Waals surface area contributed by atoms with Crippen LogP contribution in [0.25, 0.3) is 0 Å². The Labute approximate surface area is 117 Å². The van der Waals surface area contributed by atoms with Crippen molar-refractivity contribution in [1.82, 2.24) is 9.55 Å². The van der Waals surface area contributed by atoms with Gasteiger partial charge in [-0.3, -0.25) is 0 Å².